The number of hydrogen-bond acceptors (Lipinski definition) is 3. The topological polar surface area (TPSA) is 44.6 Å². The number of nitrogens with zero attached hydrogens (tertiary/aromatic N) is 1. The van der Waals surface area contributed by atoms with Gasteiger partial charge in [0.25, 0.3) is 0 Å². The van der Waals surface area contributed by atoms with E-state index >= 15 is 0 Å². The molecule has 0 bridgehead atoms. The van der Waals surface area contributed by atoms with Crippen LogP contribution in [-0.4, -0.2) is 24.0 Å². The van der Waals surface area contributed by atoms with Gasteiger partial charge in [-0.1, -0.05) is 41.9 Å². The highest BCUT2D eigenvalue weighted by Gasteiger charge is 2.13. The van der Waals surface area contributed by atoms with Gasteiger partial charge in [0.2, 0.25) is 0 Å². The molecule has 2 aromatic rings. The Balaban J connectivity index is 1.89. The van der Waals surface area contributed by atoms with Crippen LogP contribution in [0.5, 0.6) is 0 Å². The Morgan fingerprint density at radius 3 is 2.60 bits per heavy atom. The summed E-state index contributed by atoms with van der Waals surface area (Å²) in [6, 6.07) is 15.1. The van der Waals surface area contributed by atoms with Crippen molar-refractivity contribution in [3.63, 3.8) is 0 Å². The maximum Gasteiger partial charge on any atom is 0.128 e. The highest BCUT2D eigenvalue weighted by atomic mass is 35.5. The SMILES string of the molecule is OC(c1ccc(Cl)cc1)c1cccc(C2=NCCN2)c1. The summed E-state index contributed by atoms with van der Waals surface area (Å²) in [5.74, 6) is 0.898. The molecule has 0 spiro atoms. The number of halogens is 1. The minimum Gasteiger partial charge on any atom is -0.384 e. The van der Waals surface area contributed by atoms with Crippen LogP contribution in [-0.2, 0) is 0 Å². The Kier molecular flexibility index (Phi) is 3.72. The zero-order valence-electron chi connectivity index (χ0n) is 10.9. The molecule has 102 valence electrons. The molecule has 0 saturated carbocycles. The number of aliphatic imine (C=N–C) groups is 1. The third kappa shape index (κ3) is 2.69. The first kappa shape index (κ1) is 13.2. The molecule has 0 radical (unpaired) electrons. The Hall–Kier alpha value is -1.84. The van der Waals surface area contributed by atoms with Crippen LogP contribution in [0.1, 0.15) is 22.8 Å². The summed E-state index contributed by atoms with van der Waals surface area (Å²) in [5, 5.41) is 14.3. The second-order valence-corrected chi connectivity index (χ2v) is 5.17. The van der Waals surface area contributed by atoms with Crippen LogP contribution in [0.15, 0.2) is 53.5 Å². The predicted octanol–water partition coefficient (Wildman–Crippen LogP) is 2.77. The van der Waals surface area contributed by atoms with E-state index in [0.717, 1.165) is 35.6 Å². The molecule has 1 atom stereocenters. The summed E-state index contributed by atoms with van der Waals surface area (Å²) in [4.78, 5) is 4.40. The lowest BCUT2D eigenvalue weighted by atomic mass is 9.99. The third-order valence-electron chi connectivity index (χ3n) is 3.34. The Bertz CT molecular complexity index is 637. The largest absolute Gasteiger partial charge is 0.384 e. The van der Waals surface area contributed by atoms with E-state index in [1.807, 2.05) is 36.4 Å². The van der Waals surface area contributed by atoms with Crippen molar-refractivity contribution in [1.82, 2.24) is 5.32 Å². The highest BCUT2D eigenvalue weighted by Crippen LogP contribution is 2.24. The van der Waals surface area contributed by atoms with Crippen molar-refractivity contribution in [2.45, 2.75) is 6.10 Å². The van der Waals surface area contributed by atoms with Gasteiger partial charge in [0.05, 0.1) is 6.54 Å². The fraction of sp³-hybridized carbons (Fsp3) is 0.188. The van der Waals surface area contributed by atoms with Gasteiger partial charge >= 0.3 is 0 Å². The number of amidine groups is 1. The average molecular weight is 287 g/mol. The van der Waals surface area contributed by atoms with Gasteiger partial charge in [-0.3, -0.25) is 4.99 Å². The molecule has 0 fully saturated rings. The van der Waals surface area contributed by atoms with E-state index in [2.05, 4.69) is 10.3 Å². The van der Waals surface area contributed by atoms with E-state index in [4.69, 9.17) is 11.6 Å². The zero-order chi connectivity index (χ0) is 13.9. The Morgan fingerprint density at radius 1 is 1.10 bits per heavy atom. The van der Waals surface area contributed by atoms with Crippen LogP contribution in [0, 0.1) is 0 Å². The lowest BCUT2D eigenvalue weighted by molar-refractivity contribution is 0.220. The molecule has 0 aliphatic carbocycles. The van der Waals surface area contributed by atoms with Gasteiger partial charge in [0, 0.05) is 17.1 Å². The number of aliphatic hydroxyl groups excluding tert-OH is 1. The molecular weight excluding hydrogens is 272 g/mol. The van der Waals surface area contributed by atoms with Gasteiger partial charge in [-0.15, -0.1) is 0 Å². The van der Waals surface area contributed by atoms with E-state index in [-0.39, 0.29) is 0 Å². The fourth-order valence-corrected chi connectivity index (χ4v) is 2.41. The van der Waals surface area contributed by atoms with Gasteiger partial charge in [0.1, 0.15) is 11.9 Å². The van der Waals surface area contributed by atoms with Crippen LogP contribution in [0.2, 0.25) is 5.02 Å². The maximum absolute atomic E-state index is 10.4. The molecule has 4 heteroatoms. The molecule has 3 nitrogen and oxygen atoms in total. The van der Waals surface area contributed by atoms with E-state index < -0.39 is 6.10 Å². The second-order valence-electron chi connectivity index (χ2n) is 4.74. The number of hydrogen-bond donors (Lipinski definition) is 2. The van der Waals surface area contributed by atoms with Gasteiger partial charge in [-0.2, -0.15) is 0 Å². The van der Waals surface area contributed by atoms with Crippen LogP contribution in [0.25, 0.3) is 0 Å². The van der Waals surface area contributed by atoms with Gasteiger partial charge in [-0.25, -0.2) is 0 Å². The van der Waals surface area contributed by atoms with Crippen molar-refractivity contribution in [2.75, 3.05) is 13.1 Å². The van der Waals surface area contributed by atoms with Crippen LogP contribution >= 0.6 is 11.6 Å². The first-order valence-corrected chi connectivity index (χ1v) is 6.94. The quantitative estimate of drug-likeness (QED) is 0.911. The molecule has 0 aromatic heterocycles. The molecule has 1 aliphatic heterocycles. The minimum atomic E-state index is -0.658. The van der Waals surface area contributed by atoms with Gasteiger partial charge < -0.3 is 10.4 Å². The molecular formula is C16H15ClN2O. The van der Waals surface area contributed by atoms with E-state index in [0.29, 0.717) is 5.02 Å². The first-order chi connectivity index (χ1) is 9.74. The summed E-state index contributed by atoms with van der Waals surface area (Å²) in [7, 11) is 0. The molecule has 1 aliphatic rings. The lowest BCUT2D eigenvalue weighted by Crippen LogP contribution is -2.19. The predicted molar refractivity (Wildman–Crippen MR) is 81.4 cm³/mol. The molecule has 0 saturated heterocycles. The minimum absolute atomic E-state index is 0.658. The fourth-order valence-electron chi connectivity index (χ4n) is 2.28. The van der Waals surface area contributed by atoms with Crippen LogP contribution in [0.3, 0.4) is 0 Å². The van der Waals surface area contributed by atoms with Crippen LogP contribution in [0.4, 0.5) is 0 Å². The molecule has 2 N–H and O–H groups in total. The van der Waals surface area contributed by atoms with Crippen molar-refractivity contribution in [2.24, 2.45) is 4.99 Å². The Morgan fingerprint density at radius 2 is 1.90 bits per heavy atom. The smallest absolute Gasteiger partial charge is 0.128 e. The van der Waals surface area contributed by atoms with Crippen molar-refractivity contribution in [1.29, 1.82) is 0 Å². The van der Waals surface area contributed by atoms with Crippen molar-refractivity contribution in [3.8, 4) is 0 Å². The monoisotopic (exact) mass is 286 g/mol. The van der Waals surface area contributed by atoms with Gasteiger partial charge in [-0.05, 0) is 29.3 Å². The summed E-state index contributed by atoms with van der Waals surface area (Å²) in [5.41, 5.74) is 2.68. The summed E-state index contributed by atoms with van der Waals surface area (Å²) in [6.07, 6.45) is -0.658. The molecule has 20 heavy (non-hydrogen) atoms. The summed E-state index contributed by atoms with van der Waals surface area (Å²) < 4.78 is 0. The zero-order valence-corrected chi connectivity index (χ0v) is 11.6. The molecule has 2 aromatic carbocycles. The molecule has 0 amide bonds. The van der Waals surface area contributed by atoms with E-state index in [9.17, 15) is 5.11 Å². The standard InChI is InChI=1S/C16H15ClN2O/c17-14-6-4-11(5-7-14)15(20)12-2-1-3-13(10-12)16-18-8-9-19-16/h1-7,10,15,20H,8-9H2,(H,18,19). The Labute approximate surface area is 122 Å². The van der Waals surface area contributed by atoms with Crippen molar-refractivity contribution in [3.05, 3.63) is 70.2 Å². The molecule has 1 unspecified atom stereocenters. The van der Waals surface area contributed by atoms with Crippen molar-refractivity contribution >= 4 is 17.4 Å². The number of aliphatic hydroxyl groups is 1. The molecule has 1 heterocycles. The summed E-state index contributed by atoms with van der Waals surface area (Å²) >= 11 is 5.87. The average Bonchev–Trinajstić information content (AvgIpc) is 3.02. The normalized spacial score (nSPS) is 15.6. The van der Waals surface area contributed by atoms with Gasteiger partial charge in [0.15, 0.2) is 0 Å². The third-order valence-corrected chi connectivity index (χ3v) is 3.59. The first-order valence-electron chi connectivity index (χ1n) is 6.56. The maximum atomic E-state index is 10.4. The molecule has 3 rings (SSSR count). The lowest BCUT2D eigenvalue weighted by Gasteiger charge is -2.13. The van der Waals surface area contributed by atoms with Crippen molar-refractivity contribution < 1.29 is 5.11 Å². The number of rotatable bonds is 3. The number of benzene rings is 2. The van der Waals surface area contributed by atoms with Crippen LogP contribution < -0.4 is 5.32 Å². The van der Waals surface area contributed by atoms with E-state index in [1.54, 1.807) is 12.1 Å². The summed E-state index contributed by atoms with van der Waals surface area (Å²) in [6.45, 7) is 1.68. The van der Waals surface area contributed by atoms with E-state index in [1.165, 1.54) is 0 Å². The second kappa shape index (κ2) is 5.65. The number of nitrogens with one attached hydrogen (secondary N) is 1. The highest BCUT2D eigenvalue weighted by molar-refractivity contribution is 6.30.